The van der Waals surface area contributed by atoms with Gasteiger partial charge in [-0.15, -0.1) is 0 Å². The van der Waals surface area contributed by atoms with Crippen LogP contribution in [0.25, 0.3) is 11.0 Å². The molecular formula is C8H6ClN3O. The van der Waals surface area contributed by atoms with Crippen molar-refractivity contribution in [1.82, 2.24) is 14.5 Å². The fourth-order valence-corrected chi connectivity index (χ4v) is 1.25. The highest BCUT2D eigenvalue weighted by Crippen LogP contribution is 2.09. The Morgan fingerprint density at radius 1 is 1.46 bits per heavy atom. The maximum absolute atomic E-state index is 11.2. The number of rotatable bonds is 0. The van der Waals surface area contributed by atoms with E-state index in [1.165, 1.54) is 10.6 Å². The highest BCUT2D eigenvalue weighted by Gasteiger charge is 2.01. The molecule has 0 aliphatic heterocycles. The Morgan fingerprint density at radius 2 is 2.23 bits per heavy atom. The molecule has 0 unspecified atom stereocenters. The predicted molar refractivity (Wildman–Crippen MR) is 49.8 cm³/mol. The Kier molecular flexibility index (Phi) is 1.77. The smallest absolute Gasteiger partial charge is 0.251 e. The van der Waals surface area contributed by atoms with Gasteiger partial charge in [-0.05, 0) is 17.7 Å². The summed E-state index contributed by atoms with van der Waals surface area (Å²) < 4.78 is 1.43. The van der Waals surface area contributed by atoms with Crippen LogP contribution in [0.5, 0.6) is 0 Å². The van der Waals surface area contributed by atoms with Gasteiger partial charge < -0.3 is 0 Å². The van der Waals surface area contributed by atoms with E-state index in [-0.39, 0.29) is 10.8 Å². The third kappa shape index (κ3) is 1.29. The third-order valence-electron chi connectivity index (χ3n) is 1.82. The molecule has 66 valence electrons. The Labute approximate surface area is 78.8 Å². The average molecular weight is 196 g/mol. The number of hydrogen-bond donors (Lipinski definition) is 0. The zero-order chi connectivity index (χ0) is 9.42. The lowest BCUT2D eigenvalue weighted by molar-refractivity contribution is 0.883. The second kappa shape index (κ2) is 2.81. The molecule has 0 bridgehead atoms. The zero-order valence-corrected chi connectivity index (χ0v) is 7.62. The van der Waals surface area contributed by atoms with Gasteiger partial charge in [-0.1, -0.05) is 0 Å². The molecule has 13 heavy (non-hydrogen) atoms. The fraction of sp³-hybridized carbons (Fsp3) is 0.125. The minimum absolute atomic E-state index is 0.109. The van der Waals surface area contributed by atoms with E-state index < -0.39 is 0 Å². The summed E-state index contributed by atoms with van der Waals surface area (Å²) in [6.45, 7) is 0. The maximum Gasteiger partial charge on any atom is 0.251 e. The number of pyridine rings is 1. The van der Waals surface area contributed by atoms with Gasteiger partial charge in [0.25, 0.3) is 5.56 Å². The molecule has 5 heteroatoms. The summed E-state index contributed by atoms with van der Waals surface area (Å²) in [6, 6.07) is 3.15. The van der Waals surface area contributed by atoms with Gasteiger partial charge in [-0.25, -0.2) is 4.98 Å². The van der Waals surface area contributed by atoms with E-state index in [1.807, 2.05) is 0 Å². The number of aryl methyl sites for hydroxylation is 1. The van der Waals surface area contributed by atoms with Gasteiger partial charge in [-0.2, -0.15) is 4.98 Å². The largest absolute Gasteiger partial charge is 0.296 e. The number of fused-ring (bicyclic) bond motifs is 1. The van der Waals surface area contributed by atoms with Crippen LogP contribution in [0.3, 0.4) is 0 Å². The van der Waals surface area contributed by atoms with Crippen LogP contribution in [0.1, 0.15) is 0 Å². The molecule has 0 aromatic carbocycles. The van der Waals surface area contributed by atoms with E-state index in [4.69, 9.17) is 11.6 Å². The number of nitrogens with zero attached hydrogens (tertiary/aromatic N) is 3. The van der Waals surface area contributed by atoms with E-state index in [1.54, 1.807) is 19.3 Å². The van der Waals surface area contributed by atoms with Crippen LogP contribution >= 0.6 is 11.6 Å². The van der Waals surface area contributed by atoms with Crippen LogP contribution in [0.4, 0.5) is 0 Å². The Bertz CT molecular complexity index is 520. The molecule has 0 N–H and O–H groups in total. The first-order valence-corrected chi connectivity index (χ1v) is 4.04. The minimum atomic E-state index is -0.109. The molecule has 0 aliphatic carbocycles. The first-order chi connectivity index (χ1) is 6.18. The van der Waals surface area contributed by atoms with Crippen molar-refractivity contribution < 1.29 is 0 Å². The molecule has 0 radical (unpaired) electrons. The van der Waals surface area contributed by atoms with Gasteiger partial charge in [0.2, 0.25) is 5.28 Å². The molecule has 0 amide bonds. The lowest BCUT2D eigenvalue weighted by Crippen LogP contribution is -2.16. The van der Waals surface area contributed by atoms with Crippen molar-refractivity contribution in [1.29, 1.82) is 0 Å². The molecule has 2 aromatic heterocycles. The summed E-state index contributed by atoms with van der Waals surface area (Å²) in [4.78, 5) is 19.0. The molecule has 0 saturated heterocycles. The molecular weight excluding hydrogens is 190 g/mol. The van der Waals surface area contributed by atoms with Crippen molar-refractivity contribution in [3.05, 3.63) is 34.0 Å². The molecule has 4 nitrogen and oxygen atoms in total. The lowest BCUT2D eigenvalue weighted by Gasteiger charge is -2.01. The van der Waals surface area contributed by atoms with Crippen molar-refractivity contribution in [2.75, 3.05) is 0 Å². The summed E-state index contributed by atoms with van der Waals surface area (Å²) >= 11 is 5.61. The molecule has 0 fully saturated rings. The zero-order valence-electron chi connectivity index (χ0n) is 6.86. The fourth-order valence-electron chi connectivity index (χ4n) is 1.12. The van der Waals surface area contributed by atoms with Crippen LogP contribution in [0.2, 0.25) is 5.28 Å². The molecule has 2 heterocycles. The van der Waals surface area contributed by atoms with Gasteiger partial charge in [-0.3, -0.25) is 9.36 Å². The second-order valence-electron chi connectivity index (χ2n) is 2.65. The summed E-state index contributed by atoms with van der Waals surface area (Å²) in [5, 5.41) is 0.945. The topological polar surface area (TPSA) is 47.8 Å². The monoisotopic (exact) mass is 195 g/mol. The van der Waals surface area contributed by atoms with E-state index in [0.29, 0.717) is 5.65 Å². The molecule has 0 atom stereocenters. The maximum atomic E-state index is 11.2. The third-order valence-corrected chi connectivity index (χ3v) is 2.00. The van der Waals surface area contributed by atoms with Crippen molar-refractivity contribution in [2.24, 2.45) is 7.05 Å². The Morgan fingerprint density at radius 3 is 3.00 bits per heavy atom. The van der Waals surface area contributed by atoms with Crippen LogP contribution in [-0.2, 0) is 7.05 Å². The van der Waals surface area contributed by atoms with E-state index in [0.717, 1.165) is 5.39 Å². The first kappa shape index (κ1) is 8.19. The molecule has 2 aromatic rings. The summed E-state index contributed by atoms with van der Waals surface area (Å²) in [6.07, 6.45) is 1.59. The molecule has 0 saturated carbocycles. The summed E-state index contributed by atoms with van der Waals surface area (Å²) in [7, 11) is 1.65. The summed E-state index contributed by atoms with van der Waals surface area (Å²) in [5.74, 6) is 0. The van der Waals surface area contributed by atoms with Crippen LogP contribution in [0.15, 0.2) is 23.1 Å². The minimum Gasteiger partial charge on any atom is -0.296 e. The van der Waals surface area contributed by atoms with E-state index >= 15 is 0 Å². The van der Waals surface area contributed by atoms with Crippen LogP contribution in [0, 0.1) is 0 Å². The number of aromatic nitrogens is 3. The van der Waals surface area contributed by atoms with E-state index in [2.05, 4.69) is 9.97 Å². The van der Waals surface area contributed by atoms with Crippen molar-refractivity contribution in [3.63, 3.8) is 0 Å². The van der Waals surface area contributed by atoms with Gasteiger partial charge in [0, 0.05) is 24.7 Å². The number of halogens is 1. The normalized spacial score (nSPS) is 10.6. The summed E-state index contributed by atoms with van der Waals surface area (Å²) in [5.41, 5.74) is 0.440. The molecule has 0 aliphatic rings. The lowest BCUT2D eigenvalue weighted by atomic mass is 10.3. The van der Waals surface area contributed by atoms with Crippen molar-refractivity contribution in [3.8, 4) is 0 Å². The van der Waals surface area contributed by atoms with Crippen molar-refractivity contribution in [2.45, 2.75) is 0 Å². The Balaban J connectivity index is 2.97. The number of hydrogen-bond acceptors (Lipinski definition) is 3. The average Bonchev–Trinajstić information content (AvgIpc) is 2.12. The highest BCUT2D eigenvalue weighted by molar-refractivity contribution is 6.28. The van der Waals surface area contributed by atoms with Gasteiger partial charge in [0.15, 0.2) is 0 Å². The second-order valence-corrected chi connectivity index (χ2v) is 2.99. The highest BCUT2D eigenvalue weighted by atomic mass is 35.5. The molecule has 2 rings (SSSR count). The first-order valence-electron chi connectivity index (χ1n) is 3.67. The van der Waals surface area contributed by atoms with Crippen LogP contribution < -0.4 is 5.56 Å². The SMILES string of the molecule is Cn1c(=O)ccc2cnc(Cl)nc21. The predicted octanol–water partition coefficient (Wildman–Crippen LogP) is 0.982. The van der Waals surface area contributed by atoms with E-state index in [9.17, 15) is 4.79 Å². The molecule has 0 spiro atoms. The Hall–Kier alpha value is -1.42. The van der Waals surface area contributed by atoms with Crippen LogP contribution in [-0.4, -0.2) is 14.5 Å². The quantitative estimate of drug-likeness (QED) is 0.589. The van der Waals surface area contributed by atoms with Gasteiger partial charge >= 0.3 is 0 Å². The van der Waals surface area contributed by atoms with Crippen molar-refractivity contribution >= 4 is 22.6 Å². The standard InChI is InChI=1S/C8H6ClN3O/c1-12-6(13)3-2-5-4-10-8(9)11-7(5)12/h2-4H,1H3. The van der Waals surface area contributed by atoms with Gasteiger partial charge in [0.1, 0.15) is 5.65 Å². The van der Waals surface area contributed by atoms with Gasteiger partial charge in [0.05, 0.1) is 0 Å².